The van der Waals surface area contributed by atoms with Crippen molar-refractivity contribution in [3.05, 3.63) is 22.8 Å². The molecule has 0 amide bonds. The van der Waals surface area contributed by atoms with Crippen LogP contribution in [0.15, 0.2) is 17.0 Å². The van der Waals surface area contributed by atoms with E-state index in [4.69, 9.17) is 15.6 Å². The topological polar surface area (TPSA) is 128 Å². The standard InChI is InChI=1S/C27H37F2N7O3S2/c1-16-19(30)6-5-12-35(11-3-4-13-39-16)21-15-18(41(37,38)34-27(2)9-10-27)14-20-22(23(17-7-8-17)33-36(20)21)25-31-32-26(40-25)24(28)29/h14-17,19,24,34H,3-13,30H2,1-2H3/t16-,19+/m0/s1. The highest BCUT2D eigenvalue weighted by Gasteiger charge is 2.42. The minimum Gasteiger partial charge on any atom is -0.377 e. The monoisotopic (exact) mass is 609 g/mol. The van der Waals surface area contributed by atoms with Crippen molar-refractivity contribution in [2.45, 2.75) is 100 Å². The molecule has 3 aromatic heterocycles. The van der Waals surface area contributed by atoms with Gasteiger partial charge in [0.1, 0.15) is 5.82 Å². The van der Waals surface area contributed by atoms with Gasteiger partial charge in [0, 0.05) is 43.3 Å². The van der Waals surface area contributed by atoms with Gasteiger partial charge in [-0.2, -0.15) is 5.10 Å². The Kier molecular flexibility index (Phi) is 7.81. The van der Waals surface area contributed by atoms with E-state index in [-0.39, 0.29) is 28.0 Å². The summed E-state index contributed by atoms with van der Waals surface area (Å²) in [5.41, 5.74) is 7.80. The quantitative estimate of drug-likeness (QED) is 0.398. The Hall–Kier alpha value is -2.26. The van der Waals surface area contributed by atoms with Crippen LogP contribution in [0.4, 0.5) is 14.6 Å². The minimum atomic E-state index is -3.87. The average molecular weight is 610 g/mol. The predicted molar refractivity (Wildman–Crippen MR) is 153 cm³/mol. The molecule has 2 aliphatic carbocycles. The number of halogens is 2. The van der Waals surface area contributed by atoms with Crippen LogP contribution in [0.2, 0.25) is 0 Å². The van der Waals surface area contributed by atoms with Crippen LogP contribution in [0.3, 0.4) is 0 Å². The van der Waals surface area contributed by atoms with E-state index in [0.717, 1.165) is 68.4 Å². The lowest BCUT2D eigenvalue weighted by molar-refractivity contribution is 0.0448. The van der Waals surface area contributed by atoms with E-state index in [1.165, 1.54) is 0 Å². The fraction of sp³-hybridized carbons (Fsp3) is 0.667. The SMILES string of the molecule is C[C@@H]1OCCCCN(c2cc(S(=O)(=O)NC3(C)CC3)cc3c(-c4nnc(C(F)F)s4)c(C4CC4)nn23)CCC[C@H]1N. The molecular formula is C27H37F2N7O3S2. The number of nitrogens with one attached hydrogen (secondary N) is 1. The maximum absolute atomic E-state index is 13.7. The zero-order chi connectivity index (χ0) is 28.9. The minimum absolute atomic E-state index is 0.0311. The number of pyridine rings is 1. The third-order valence-electron chi connectivity index (χ3n) is 8.31. The van der Waals surface area contributed by atoms with Crippen molar-refractivity contribution in [3.8, 4) is 10.6 Å². The number of hydrogen-bond donors (Lipinski definition) is 2. The van der Waals surface area contributed by atoms with Crippen LogP contribution in [0.1, 0.15) is 88.3 Å². The highest BCUT2D eigenvalue weighted by atomic mass is 32.2. The van der Waals surface area contributed by atoms with Gasteiger partial charge < -0.3 is 15.4 Å². The zero-order valence-electron chi connectivity index (χ0n) is 23.4. The maximum Gasteiger partial charge on any atom is 0.291 e. The molecule has 2 saturated carbocycles. The fourth-order valence-corrected chi connectivity index (χ4v) is 7.61. The molecule has 3 aromatic rings. The molecule has 1 aliphatic heterocycles. The normalized spacial score (nSPS) is 24.1. The molecule has 1 saturated heterocycles. The second-order valence-electron chi connectivity index (χ2n) is 11.9. The second kappa shape index (κ2) is 11.1. The van der Waals surface area contributed by atoms with Gasteiger partial charge >= 0.3 is 0 Å². The summed E-state index contributed by atoms with van der Waals surface area (Å²) in [4.78, 5) is 2.30. The molecule has 224 valence electrons. The van der Waals surface area contributed by atoms with Gasteiger partial charge in [0.05, 0.1) is 27.8 Å². The van der Waals surface area contributed by atoms with Crippen LogP contribution in [-0.4, -0.2) is 65.6 Å². The molecule has 10 nitrogen and oxygen atoms in total. The van der Waals surface area contributed by atoms with Crippen LogP contribution in [0, 0.1) is 0 Å². The van der Waals surface area contributed by atoms with Crippen molar-refractivity contribution in [1.29, 1.82) is 0 Å². The molecule has 0 spiro atoms. The number of anilines is 1. The van der Waals surface area contributed by atoms with Gasteiger partial charge in [0.25, 0.3) is 6.43 Å². The van der Waals surface area contributed by atoms with Crippen molar-refractivity contribution < 1.29 is 21.9 Å². The van der Waals surface area contributed by atoms with Crippen molar-refractivity contribution in [1.82, 2.24) is 24.5 Å². The number of nitrogens with zero attached hydrogens (tertiary/aromatic N) is 5. The molecule has 4 heterocycles. The average Bonchev–Trinajstić information content (AvgIpc) is 3.80. The first-order valence-electron chi connectivity index (χ1n) is 14.4. The third kappa shape index (κ3) is 6.12. The molecule has 3 fully saturated rings. The van der Waals surface area contributed by atoms with E-state index in [0.29, 0.717) is 41.6 Å². The first-order valence-corrected chi connectivity index (χ1v) is 16.7. The summed E-state index contributed by atoms with van der Waals surface area (Å²) in [6, 6.07) is 3.20. The first kappa shape index (κ1) is 28.8. The molecule has 41 heavy (non-hydrogen) atoms. The fourth-order valence-electron chi connectivity index (χ4n) is 5.35. The van der Waals surface area contributed by atoms with Gasteiger partial charge in [-0.15, -0.1) is 10.2 Å². The second-order valence-corrected chi connectivity index (χ2v) is 14.6. The Morgan fingerprint density at radius 3 is 2.59 bits per heavy atom. The number of nitrogens with two attached hydrogens (primary N) is 1. The summed E-state index contributed by atoms with van der Waals surface area (Å²) in [5, 5.41) is 12.8. The summed E-state index contributed by atoms with van der Waals surface area (Å²) in [7, 11) is -3.87. The van der Waals surface area contributed by atoms with Crippen LogP contribution < -0.4 is 15.4 Å². The highest BCUT2D eigenvalue weighted by Crippen LogP contribution is 2.47. The number of sulfonamides is 1. The molecule has 2 atom stereocenters. The van der Waals surface area contributed by atoms with E-state index in [1.807, 2.05) is 13.8 Å². The van der Waals surface area contributed by atoms with E-state index >= 15 is 0 Å². The first-order chi connectivity index (χ1) is 19.5. The van der Waals surface area contributed by atoms with Crippen LogP contribution in [0.25, 0.3) is 16.1 Å². The Morgan fingerprint density at radius 1 is 1.15 bits per heavy atom. The molecule has 6 rings (SSSR count). The number of alkyl halides is 2. The summed E-state index contributed by atoms with van der Waals surface area (Å²) in [6.45, 7) is 5.84. The van der Waals surface area contributed by atoms with E-state index in [1.54, 1.807) is 16.6 Å². The molecule has 0 unspecified atom stereocenters. The molecule has 14 heteroatoms. The van der Waals surface area contributed by atoms with Crippen molar-refractivity contribution in [3.63, 3.8) is 0 Å². The van der Waals surface area contributed by atoms with Gasteiger partial charge in [-0.05, 0) is 71.3 Å². The summed E-state index contributed by atoms with van der Waals surface area (Å²) < 4.78 is 64.9. The van der Waals surface area contributed by atoms with Crippen LogP contribution in [-0.2, 0) is 14.8 Å². The van der Waals surface area contributed by atoms with Gasteiger partial charge in [-0.25, -0.2) is 26.4 Å². The highest BCUT2D eigenvalue weighted by molar-refractivity contribution is 7.89. The Labute approximate surface area is 242 Å². The molecular weight excluding hydrogens is 572 g/mol. The van der Waals surface area contributed by atoms with Gasteiger partial charge in [-0.1, -0.05) is 11.3 Å². The number of hydrogen-bond acceptors (Lipinski definition) is 9. The lowest BCUT2D eigenvalue weighted by atomic mass is 10.1. The maximum atomic E-state index is 13.7. The Bertz CT molecular complexity index is 1520. The lowest BCUT2D eigenvalue weighted by Gasteiger charge is -2.26. The molecule has 0 radical (unpaired) electrons. The predicted octanol–water partition coefficient (Wildman–Crippen LogP) is 4.61. The summed E-state index contributed by atoms with van der Waals surface area (Å²) >= 11 is 0.830. The number of ether oxygens (including phenoxy) is 1. The largest absolute Gasteiger partial charge is 0.377 e. The van der Waals surface area contributed by atoms with E-state index < -0.39 is 22.0 Å². The van der Waals surface area contributed by atoms with Gasteiger partial charge in [0.15, 0.2) is 10.0 Å². The smallest absolute Gasteiger partial charge is 0.291 e. The van der Waals surface area contributed by atoms with Crippen LogP contribution >= 0.6 is 11.3 Å². The van der Waals surface area contributed by atoms with E-state index in [2.05, 4.69) is 19.8 Å². The summed E-state index contributed by atoms with van der Waals surface area (Å²) in [5.74, 6) is 0.816. The Balaban J connectivity index is 1.50. The van der Waals surface area contributed by atoms with Gasteiger partial charge in [0.2, 0.25) is 10.0 Å². The summed E-state index contributed by atoms with van der Waals surface area (Å²) in [6.07, 6.45) is 3.88. The third-order valence-corrected chi connectivity index (χ3v) is 10.9. The molecule has 0 bridgehead atoms. The van der Waals surface area contributed by atoms with E-state index in [9.17, 15) is 17.2 Å². The zero-order valence-corrected chi connectivity index (χ0v) is 25.0. The van der Waals surface area contributed by atoms with Crippen molar-refractivity contribution in [2.75, 3.05) is 24.6 Å². The number of rotatable bonds is 7. The molecule has 0 aromatic carbocycles. The lowest BCUT2D eigenvalue weighted by Crippen LogP contribution is -2.36. The molecule has 3 N–H and O–H groups in total. The van der Waals surface area contributed by atoms with Crippen molar-refractivity contribution >= 4 is 32.7 Å². The molecule has 3 aliphatic rings. The number of fused-ring (bicyclic) bond motifs is 1. The van der Waals surface area contributed by atoms with Gasteiger partial charge in [-0.3, -0.25) is 0 Å². The van der Waals surface area contributed by atoms with Crippen molar-refractivity contribution in [2.24, 2.45) is 5.73 Å². The Morgan fingerprint density at radius 2 is 1.90 bits per heavy atom. The number of aromatic nitrogens is 4. The van der Waals surface area contributed by atoms with Crippen LogP contribution in [0.5, 0.6) is 0 Å².